The summed E-state index contributed by atoms with van der Waals surface area (Å²) in [4.78, 5) is 10.9. The Hall–Kier alpha value is -2.49. The second-order valence-corrected chi connectivity index (χ2v) is 4.61. The van der Waals surface area contributed by atoms with Gasteiger partial charge in [-0.25, -0.2) is 4.79 Å². The summed E-state index contributed by atoms with van der Waals surface area (Å²) in [5.74, 6) is 0.539. The second kappa shape index (κ2) is 6.79. The van der Waals surface area contributed by atoms with Crippen LogP contribution in [-0.2, 0) is 6.61 Å². The van der Waals surface area contributed by atoms with E-state index in [1.54, 1.807) is 18.2 Å². The highest BCUT2D eigenvalue weighted by Crippen LogP contribution is 2.23. The smallest absolute Gasteiger partial charge is 0.335 e. The van der Waals surface area contributed by atoms with E-state index in [9.17, 15) is 4.79 Å². The van der Waals surface area contributed by atoms with E-state index >= 15 is 0 Å². The third kappa shape index (κ3) is 3.75. The Morgan fingerprint density at radius 3 is 2.52 bits per heavy atom. The summed E-state index contributed by atoms with van der Waals surface area (Å²) < 4.78 is 11.3. The molecule has 0 aliphatic rings. The molecule has 0 unspecified atom stereocenters. The molecule has 0 atom stereocenters. The standard InChI is InChI=1S/C17H18O4/c1-3-20-16-7-5-4-6-14(16)11-21-15-9-8-13(17(18)19)10-12(15)2/h4-10H,3,11H2,1-2H3,(H,18,19). The molecule has 0 saturated heterocycles. The monoisotopic (exact) mass is 286 g/mol. The lowest BCUT2D eigenvalue weighted by atomic mass is 10.1. The van der Waals surface area contributed by atoms with Crippen LogP contribution in [0.2, 0.25) is 0 Å². The second-order valence-electron chi connectivity index (χ2n) is 4.61. The molecule has 2 rings (SSSR count). The Labute approximate surface area is 123 Å². The number of carboxylic acids is 1. The van der Waals surface area contributed by atoms with Crippen molar-refractivity contribution >= 4 is 5.97 Å². The summed E-state index contributed by atoms with van der Waals surface area (Å²) in [6.45, 7) is 4.75. The fraction of sp³-hybridized carbons (Fsp3) is 0.235. The van der Waals surface area contributed by atoms with Crippen molar-refractivity contribution in [2.24, 2.45) is 0 Å². The topological polar surface area (TPSA) is 55.8 Å². The summed E-state index contributed by atoms with van der Waals surface area (Å²) in [5.41, 5.74) is 2.01. The van der Waals surface area contributed by atoms with Gasteiger partial charge in [0.25, 0.3) is 0 Å². The lowest BCUT2D eigenvalue weighted by Crippen LogP contribution is -2.02. The average Bonchev–Trinajstić information content (AvgIpc) is 2.47. The van der Waals surface area contributed by atoms with Crippen LogP contribution in [0.3, 0.4) is 0 Å². The summed E-state index contributed by atoms with van der Waals surface area (Å²) in [7, 11) is 0. The predicted molar refractivity (Wildman–Crippen MR) is 80.1 cm³/mol. The van der Waals surface area contributed by atoms with E-state index < -0.39 is 5.97 Å². The molecule has 0 heterocycles. The maximum absolute atomic E-state index is 10.9. The van der Waals surface area contributed by atoms with Gasteiger partial charge in [-0.3, -0.25) is 0 Å². The molecular weight excluding hydrogens is 268 g/mol. The first-order chi connectivity index (χ1) is 10.1. The molecule has 0 amide bonds. The largest absolute Gasteiger partial charge is 0.493 e. The fourth-order valence-corrected chi connectivity index (χ4v) is 2.02. The molecule has 0 aliphatic heterocycles. The summed E-state index contributed by atoms with van der Waals surface area (Å²) in [6, 6.07) is 12.5. The van der Waals surface area contributed by atoms with E-state index in [-0.39, 0.29) is 5.56 Å². The van der Waals surface area contributed by atoms with Gasteiger partial charge in [0.05, 0.1) is 12.2 Å². The molecule has 4 heteroatoms. The van der Waals surface area contributed by atoms with E-state index in [0.29, 0.717) is 19.0 Å². The normalized spacial score (nSPS) is 10.2. The van der Waals surface area contributed by atoms with Crippen molar-refractivity contribution in [2.45, 2.75) is 20.5 Å². The zero-order valence-corrected chi connectivity index (χ0v) is 12.1. The highest BCUT2D eigenvalue weighted by molar-refractivity contribution is 5.88. The molecule has 110 valence electrons. The van der Waals surface area contributed by atoms with Gasteiger partial charge in [-0.05, 0) is 43.7 Å². The Morgan fingerprint density at radius 2 is 1.86 bits per heavy atom. The number of aromatic carboxylic acids is 1. The van der Waals surface area contributed by atoms with Crippen molar-refractivity contribution < 1.29 is 19.4 Å². The Balaban J connectivity index is 2.11. The van der Waals surface area contributed by atoms with Crippen LogP contribution in [0.15, 0.2) is 42.5 Å². The summed E-state index contributed by atoms with van der Waals surface area (Å²) in [6.07, 6.45) is 0. The quantitative estimate of drug-likeness (QED) is 0.880. The van der Waals surface area contributed by atoms with Crippen LogP contribution in [0.1, 0.15) is 28.4 Å². The number of hydrogen-bond donors (Lipinski definition) is 1. The number of carbonyl (C=O) groups is 1. The maximum Gasteiger partial charge on any atom is 0.335 e. The van der Waals surface area contributed by atoms with E-state index in [1.165, 1.54) is 0 Å². The van der Waals surface area contributed by atoms with Gasteiger partial charge in [-0.2, -0.15) is 0 Å². The van der Waals surface area contributed by atoms with Crippen LogP contribution in [-0.4, -0.2) is 17.7 Å². The number of rotatable bonds is 6. The van der Waals surface area contributed by atoms with Crippen LogP contribution in [0.25, 0.3) is 0 Å². The summed E-state index contributed by atoms with van der Waals surface area (Å²) >= 11 is 0. The molecular formula is C17H18O4. The highest BCUT2D eigenvalue weighted by atomic mass is 16.5. The number of aryl methyl sites for hydroxylation is 1. The van der Waals surface area contributed by atoms with Crippen molar-refractivity contribution in [3.8, 4) is 11.5 Å². The highest BCUT2D eigenvalue weighted by Gasteiger charge is 2.08. The third-order valence-electron chi connectivity index (χ3n) is 3.08. The minimum atomic E-state index is -0.939. The first-order valence-electron chi connectivity index (χ1n) is 6.79. The molecule has 0 saturated carbocycles. The van der Waals surface area contributed by atoms with Crippen LogP contribution < -0.4 is 9.47 Å². The first-order valence-corrected chi connectivity index (χ1v) is 6.79. The number of hydrogen-bond acceptors (Lipinski definition) is 3. The van der Waals surface area contributed by atoms with Gasteiger partial charge in [-0.1, -0.05) is 18.2 Å². The molecule has 2 aromatic carbocycles. The van der Waals surface area contributed by atoms with E-state index in [4.69, 9.17) is 14.6 Å². The maximum atomic E-state index is 10.9. The van der Waals surface area contributed by atoms with Crippen molar-refractivity contribution in [2.75, 3.05) is 6.61 Å². The zero-order chi connectivity index (χ0) is 15.2. The van der Waals surface area contributed by atoms with E-state index in [0.717, 1.165) is 16.9 Å². The number of benzene rings is 2. The molecule has 0 aromatic heterocycles. The molecule has 1 N–H and O–H groups in total. The molecule has 0 aliphatic carbocycles. The molecule has 0 fully saturated rings. The summed E-state index contributed by atoms with van der Waals surface area (Å²) in [5, 5.41) is 8.95. The third-order valence-corrected chi connectivity index (χ3v) is 3.08. The van der Waals surface area contributed by atoms with Gasteiger partial charge in [0, 0.05) is 5.56 Å². The molecule has 0 bridgehead atoms. The first kappa shape index (κ1) is 14.9. The minimum absolute atomic E-state index is 0.259. The van der Waals surface area contributed by atoms with Crippen LogP contribution in [0.5, 0.6) is 11.5 Å². The Kier molecular flexibility index (Phi) is 4.82. The number of carboxylic acid groups (broad SMARTS) is 1. The number of ether oxygens (including phenoxy) is 2. The van der Waals surface area contributed by atoms with Gasteiger partial charge >= 0.3 is 5.97 Å². The molecule has 2 aromatic rings. The fourth-order valence-electron chi connectivity index (χ4n) is 2.02. The van der Waals surface area contributed by atoms with Crippen molar-refractivity contribution in [3.63, 3.8) is 0 Å². The molecule has 4 nitrogen and oxygen atoms in total. The van der Waals surface area contributed by atoms with Gasteiger partial charge in [-0.15, -0.1) is 0 Å². The van der Waals surface area contributed by atoms with Crippen molar-refractivity contribution in [3.05, 3.63) is 59.2 Å². The van der Waals surface area contributed by atoms with Gasteiger partial charge in [0.1, 0.15) is 18.1 Å². The van der Waals surface area contributed by atoms with Crippen LogP contribution >= 0.6 is 0 Å². The Bertz CT molecular complexity index is 634. The molecule has 21 heavy (non-hydrogen) atoms. The minimum Gasteiger partial charge on any atom is -0.493 e. The molecule has 0 radical (unpaired) electrons. The lowest BCUT2D eigenvalue weighted by molar-refractivity contribution is 0.0696. The van der Waals surface area contributed by atoms with Gasteiger partial charge in [0.2, 0.25) is 0 Å². The van der Waals surface area contributed by atoms with E-state index in [2.05, 4.69) is 0 Å². The predicted octanol–water partition coefficient (Wildman–Crippen LogP) is 3.67. The van der Waals surface area contributed by atoms with Crippen LogP contribution in [0, 0.1) is 6.92 Å². The average molecular weight is 286 g/mol. The van der Waals surface area contributed by atoms with Crippen molar-refractivity contribution in [1.29, 1.82) is 0 Å². The Morgan fingerprint density at radius 1 is 1.10 bits per heavy atom. The van der Waals surface area contributed by atoms with Gasteiger partial charge < -0.3 is 14.6 Å². The lowest BCUT2D eigenvalue weighted by Gasteiger charge is -2.13. The molecule has 0 spiro atoms. The van der Waals surface area contributed by atoms with Crippen molar-refractivity contribution in [1.82, 2.24) is 0 Å². The number of para-hydroxylation sites is 1. The SMILES string of the molecule is CCOc1ccccc1COc1ccc(C(=O)O)cc1C. The van der Waals surface area contributed by atoms with E-state index in [1.807, 2.05) is 38.1 Å². The zero-order valence-electron chi connectivity index (χ0n) is 12.1. The van der Waals surface area contributed by atoms with Gasteiger partial charge in [0.15, 0.2) is 0 Å². The van der Waals surface area contributed by atoms with Crippen LogP contribution in [0.4, 0.5) is 0 Å².